The molecular formula is C33H42ClN7OS. The number of nitrogens with two attached hydrogens (primary N) is 2. The standard InChI is InChI=1S/C33H42ClN7OS/c1-3-22-16-21(7-4-6-20(2)35)17-27(30(22)34)29-18-24-19-41(33(42)40-31(24)39-29)26-12-10-23(11-13-26)28-9-5-8-25(38-28)14-15-43-32(36)37/h10-13,16-20,25,28,38H,3-9,14-15,35H2,1-2H3,(H3,36,37)(H,39,40,42)/t20-,25-,28-/m0/s1. The highest BCUT2D eigenvalue weighted by atomic mass is 35.5. The topological polar surface area (TPSA) is 139 Å². The van der Waals surface area contributed by atoms with Crippen LogP contribution >= 0.6 is 23.4 Å². The molecule has 4 aromatic rings. The number of nitrogens with zero attached hydrogens (tertiary/aromatic N) is 2. The Morgan fingerprint density at radius 1 is 1.23 bits per heavy atom. The SMILES string of the molecule is CCc1cc(CCC[C@H](C)N)cc(-c2cc3cn(-c4ccc([C@@H]5CCC[C@@H](CCSC(=N)N)N5)cc4)c(=O)nc3[nH]2)c1Cl. The van der Waals surface area contributed by atoms with Crippen LogP contribution in [0.2, 0.25) is 5.02 Å². The summed E-state index contributed by atoms with van der Waals surface area (Å²) in [6.07, 6.45) is 9.97. The largest absolute Gasteiger partial charge is 0.379 e. The minimum atomic E-state index is -0.336. The fourth-order valence-corrected chi connectivity index (χ4v) is 6.96. The molecule has 8 nitrogen and oxygen atoms in total. The lowest BCUT2D eigenvalue weighted by molar-refractivity contribution is 0.320. The smallest absolute Gasteiger partial charge is 0.354 e. The highest BCUT2D eigenvalue weighted by molar-refractivity contribution is 8.13. The Morgan fingerprint density at radius 3 is 2.74 bits per heavy atom. The van der Waals surface area contributed by atoms with Crippen LogP contribution in [-0.4, -0.2) is 37.5 Å². The monoisotopic (exact) mass is 619 g/mol. The Kier molecular flexibility index (Phi) is 10.3. The van der Waals surface area contributed by atoms with Gasteiger partial charge in [-0.3, -0.25) is 9.98 Å². The van der Waals surface area contributed by atoms with Gasteiger partial charge in [-0.15, -0.1) is 0 Å². The molecule has 2 aromatic carbocycles. The third-order valence-electron chi connectivity index (χ3n) is 8.29. The van der Waals surface area contributed by atoms with E-state index in [9.17, 15) is 4.79 Å². The van der Waals surface area contributed by atoms with Gasteiger partial charge in [0.05, 0.1) is 10.7 Å². The molecule has 0 aliphatic carbocycles. The molecule has 10 heteroatoms. The van der Waals surface area contributed by atoms with Crippen LogP contribution in [-0.2, 0) is 12.8 Å². The molecular weight excluding hydrogens is 578 g/mol. The predicted octanol–water partition coefficient (Wildman–Crippen LogP) is 6.47. The molecule has 1 saturated heterocycles. The summed E-state index contributed by atoms with van der Waals surface area (Å²) in [6, 6.07) is 15.4. The van der Waals surface area contributed by atoms with Crippen molar-refractivity contribution in [1.29, 1.82) is 5.41 Å². The Bertz CT molecular complexity index is 1630. The molecule has 0 radical (unpaired) electrons. The quantitative estimate of drug-likeness (QED) is 0.0964. The number of halogens is 1. The van der Waals surface area contributed by atoms with Gasteiger partial charge in [0.2, 0.25) is 0 Å². The number of benzene rings is 2. The highest BCUT2D eigenvalue weighted by Crippen LogP contribution is 2.34. The molecule has 2 aromatic heterocycles. The highest BCUT2D eigenvalue weighted by Gasteiger charge is 2.22. The normalized spacial score (nSPS) is 17.8. The molecule has 7 N–H and O–H groups in total. The third-order valence-corrected chi connectivity index (χ3v) is 9.49. The van der Waals surface area contributed by atoms with Crippen molar-refractivity contribution in [2.45, 2.75) is 83.3 Å². The average Bonchev–Trinajstić information content (AvgIpc) is 3.40. The number of nitrogens with one attached hydrogen (secondary N) is 3. The van der Waals surface area contributed by atoms with Gasteiger partial charge in [-0.25, -0.2) is 4.79 Å². The van der Waals surface area contributed by atoms with Gasteiger partial charge < -0.3 is 21.8 Å². The number of fused-ring (bicyclic) bond motifs is 1. The maximum absolute atomic E-state index is 13.1. The van der Waals surface area contributed by atoms with Crippen LogP contribution < -0.4 is 22.5 Å². The number of thioether (sulfide) groups is 1. The second kappa shape index (κ2) is 14.1. The molecule has 1 aliphatic heterocycles. The van der Waals surface area contributed by atoms with Crippen LogP contribution in [0.25, 0.3) is 28.0 Å². The first-order valence-corrected chi connectivity index (χ1v) is 16.6. The van der Waals surface area contributed by atoms with Crippen molar-refractivity contribution >= 4 is 39.6 Å². The van der Waals surface area contributed by atoms with E-state index in [0.29, 0.717) is 11.7 Å². The molecule has 5 rings (SSSR count). The molecule has 1 fully saturated rings. The molecule has 43 heavy (non-hydrogen) atoms. The van der Waals surface area contributed by atoms with Gasteiger partial charge in [-0.1, -0.05) is 54.9 Å². The Balaban J connectivity index is 1.36. The zero-order valence-electron chi connectivity index (χ0n) is 25.0. The minimum absolute atomic E-state index is 0.175. The molecule has 0 unspecified atom stereocenters. The summed E-state index contributed by atoms with van der Waals surface area (Å²) in [5.41, 5.74) is 17.8. The summed E-state index contributed by atoms with van der Waals surface area (Å²) in [7, 11) is 0. The van der Waals surface area contributed by atoms with Crippen molar-refractivity contribution < 1.29 is 0 Å². The lowest BCUT2D eigenvalue weighted by Gasteiger charge is -2.31. The van der Waals surface area contributed by atoms with Crippen LogP contribution in [0.15, 0.2) is 53.5 Å². The average molecular weight is 620 g/mol. The molecule has 1 aliphatic rings. The summed E-state index contributed by atoms with van der Waals surface area (Å²) in [6.45, 7) is 4.15. The van der Waals surface area contributed by atoms with Crippen molar-refractivity contribution in [2.75, 3.05) is 5.75 Å². The zero-order chi connectivity index (χ0) is 30.5. The van der Waals surface area contributed by atoms with Crippen LogP contribution in [0, 0.1) is 5.41 Å². The van der Waals surface area contributed by atoms with Gasteiger partial charge in [0, 0.05) is 46.7 Å². The fraction of sp³-hybridized carbons (Fsp3) is 0.424. The molecule has 0 amide bonds. The maximum atomic E-state index is 13.1. The van der Waals surface area contributed by atoms with Gasteiger partial charge >= 0.3 is 5.69 Å². The van der Waals surface area contributed by atoms with E-state index < -0.39 is 0 Å². The number of hydrogen-bond acceptors (Lipinski definition) is 6. The van der Waals surface area contributed by atoms with Crippen LogP contribution in [0.4, 0.5) is 0 Å². The van der Waals surface area contributed by atoms with Crippen molar-refractivity contribution in [3.8, 4) is 16.9 Å². The van der Waals surface area contributed by atoms with E-state index in [-0.39, 0.29) is 22.9 Å². The number of aromatic amines is 1. The van der Waals surface area contributed by atoms with Crippen molar-refractivity contribution in [3.63, 3.8) is 0 Å². The minimum Gasteiger partial charge on any atom is -0.379 e. The second-order valence-electron chi connectivity index (χ2n) is 11.7. The van der Waals surface area contributed by atoms with Crippen LogP contribution in [0.5, 0.6) is 0 Å². The van der Waals surface area contributed by atoms with Crippen molar-refractivity contribution in [1.82, 2.24) is 19.9 Å². The van der Waals surface area contributed by atoms with Gasteiger partial charge in [0.15, 0.2) is 5.17 Å². The number of piperidine rings is 1. The van der Waals surface area contributed by atoms with Crippen LogP contribution in [0.3, 0.4) is 0 Å². The summed E-state index contributed by atoms with van der Waals surface area (Å²) in [5, 5.41) is 12.9. The van der Waals surface area contributed by atoms with Gasteiger partial charge in [-0.05, 0) is 92.8 Å². The van der Waals surface area contributed by atoms with Crippen LogP contribution in [0.1, 0.15) is 75.1 Å². The van der Waals surface area contributed by atoms with E-state index in [1.807, 2.05) is 31.3 Å². The number of hydrogen-bond donors (Lipinski definition) is 5. The number of aromatic nitrogens is 3. The van der Waals surface area contributed by atoms with E-state index >= 15 is 0 Å². The van der Waals surface area contributed by atoms with Crippen molar-refractivity contribution in [3.05, 3.63) is 80.9 Å². The Hall–Kier alpha value is -3.11. The predicted molar refractivity (Wildman–Crippen MR) is 181 cm³/mol. The van der Waals surface area contributed by atoms with Gasteiger partial charge in [-0.2, -0.15) is 4.98 Å². The summed E-state index contributed by atoms with van der Waals surface area (Å²) < 4.78 is 1.60. The fourth-order valence-electron chi connectivity index (χ4n) is 5.99. The summed E-state index contributed by atoms with van der Waals surface area (Å²) >= 11 is 8.26. The molecule has 3 heterocycles. The van der Waals surface area contributed by atoms with E-state index in [1.54, 1.807) is 4.57 Å². The molecule has 0 saturated carbocycles. The maximum Gasteiger partial charge on any atom is 0.354 e. The number of H-pyrrole nitrogens is 1. The molecule has 3 atom stereocenters. The summed E-state index contributed by atoms with van der Waals surface area (Å²) in [5.74, 6) is 0.851. The van der Waals surface area contributed by atoms with E-state index in [4.69, 9.17) is 28.5 Å². The first kappa shape index (κ1) is 31.3. The number of rotatable bonds is 11. The first-order valence-electron chi connectivity index (χ1n) is 15.2. The lowest BCUT2D eigenvalue weighted by Crippen LogP contribution is -2.37. The lowest BCUT2D eigenvalue weighted by atomic mass is 9.92. The van der Waals surface area contributed by atoms with Gasteiger partial charge in [0.1, 0.15) is 5.65 Å². The van der Waals surface area contributed by atoms with E-state index in [1.165, 1.54) is 22.9 Å². The summed E-state index contributed by atoms with van der Waals surface area (Å²) in [4.78, 5) is 20.8. The number of aryl methyl sites for hydroxylation is 2. The van der Waals surface area contributed by atoms with Crippen molar-refractivity contribution in [2.24, 2.45) is 11.5 Å². The first-order chi connectivity index (χ1) is 20.7. The molecule has 228 valence electrons. The zero-order valence-corrected chi connectivity index (χ0v) is 26.5. The van der Waals surface area contributed by atoms with Gasteiger partial charge in [0.25, 0.3) is 0 Å². The Morgan fingerprint density at radius 2 is 2.02 bits per heavy atom. The number of amidine groups is 1. The molecule has 0 bridgehead atoms. The van der Waals surface area contributed by atoms with E-state index in [2.05, 4.69) is 46.5 Å². The third kappa shape index (κ3) is 7.70. The molecule has 0 spiro atoms. The Labute approximate surface area is 262 Å². The second-order valence-corrected chi connectivity index (χ2v) is 13.2. The van der Waals surface area contributed by atoms with E-state index in [0.717, 1.165) is 90.0 Å².